The van der Waals surface area contributed by atoms with Gasteiger partial charge in [-0.1, -0.05) is 6.07 Å². The molecule has 2 aromatic rings. The third-order valence-corrected chi connectivity index (χ3v) is 4.43. The van der Waals surface area contributed by atoms with E-state index in [0.29, 0.717) is 10.7 Å². The van der Waals surface area contributed by atoms with Crippen molar-refractivity contribution in [3.63, 3.8) is 0 Å². The summed E-state index contributed by atoms with van der Waals surface area (Å²) in [6, 6.07) is 3.58. The van der Waals surface area contributed by atoms with Gasteiger partial charge in [-0.25, -0.2) is 9.78 Å². The molecule has 1 aliphatic carbocycles. The minimum absolute atomic E-state index is 0.0386. The van der Waals surface area contributed by atoms with Gasteiger partial charge in [-0.2, -0.15) is 0 Å². The van der Waals surface area contributed by atoms with Crippen LogP contribution in [0.1, 0.15) is 45.2 Å². The van der Waals surface area contributed by atoms with Crippen LogP contribution in [0.2, 0.25) is 0 Å². The predicted octanol–water partition coefficient (Wildman–Crippen LogP) is 1.98. The minimum atomic E-state index is -1.05. The molecule has 1 fully saturated rings. The molecule has 0 bridgehead atoms. The Bertz CT molecular complexity index is 644. The average molecular weight is 291 g/mol. The van der Waals surface area contributed by atoms with Crippen molar-refractivity contribution in [3.05, 3.63) is 40.1 Å². The number of carbonyl (C=O) groups excluding carboxylic acids is 1. The van der Waals surface area contributed by atoms with Crippen molar-refractivity contribution in [1.82, 2.24) is 15.3 Å². The van der Waals surface area contributed by atoms with E-state index in [4.69, 9.17) is 5.11 Å². The Morgan fingerprint density at radius 3 is 2.75 bits per heavy atom. The Labute approximate surface area is 118 Å². The molecular weight excluding hydrogens is 278 g/mol. The number of aromatic nitrogens is 2. The summed E-state index contributed by atoms with van der Waals surface area (Å²) in [6.07, 6.45) is 3.79. The fourth-order valence-corrected chi connectivity index (χ4v) is 2.93. The second-order valence-corrected chi connectivity index (χ2v) is 5.77. The highest BCUT2D eigenvalue weighted by molar-refractivity contribution is 7.12. The molecule has 0 atom stereocenters. The normalized spacial score (nSPS) is 16.4. The smallest absolute Gasteiger partial charge is 0.353 e. The highest BCUT2D eigenvalue weighted by atomic mass is 32.1. The van der Waals surface area contributed by atoms with Crippen LogP contribution in [0.25, 0.3) is 0 Å². The number of imidazole rings is 1. The summed E-state index contributed by atoms with van der Waals surface area (Å²) in [6.45, 7) is 0. The molecule has 2 aromatic heterocycles. The van der Waals surface area contributed by atoms with Crippen molar-refractivity contribution in [3.8, 4) is 0 Å². The number of rotatable bonds is 4. The Morgan fingerprint density at radius 2 is 2.25 bits per heavy atom. The number of H-pyrrole nitrogens is 1. The van der Waals surface area contributed by atoms with E-state index in [1.165, 1.54) is 17.5 Å². The van der Waals surface area contributed by atoms with Crippen LogP contribution in [0.15, 0.2) is 23.7 Å². The largest absolute Gasteiger partial charge is 0.477 e. The van der Waals surface area contributed by atoms with E-state index in [2.05, 4.69) is 15.3 Å². The standard InChI is InChI=1S/C13H13N3O3S/c17-10(9-3-1-6-20-9)16-13(4-2-5-13)12-14-7-8(15-12)11(18)19/h1,3,6-7H,2,4-5H2,(H,14,15)(H,16,17)(H,18,19). The van der Waals surface area contributed by atoms with Gasteiger partial charge in [-0.05, 0) is 30.7 Å². The molecular formula is C13H13N3O3S. The molecule has 0 aliphatic heterocycles. The third-order valence-electron chi connectivity index (χ3n) is 3.56. The van der Waals surface area contributed by atoms with Crippen LogP contribution in [0.3, 0.4) is 0 Å². The Kier molecular flexibility index (Phi) is 3.06. The lowest BCUT2D eigenvalue weighted by Gasteiger charge is -2.40. The van der Waals surface area contributed by atoms with Crippen LogP contribution in [0, 0.1) is 0 Å². The van der Waals surface area contributed by atoms with Crippen molar-refractivity contribution in [2.24, 2.45) is 0 Å². The summed E-state index contributed by atoms with van der Waals surface area (Å²) in [5.41, 5.74) is -0.522. The summed E-state index contributed by atoms with van der Waals surface area (Å²) >= 11 is 1.37. The first kappa shape index (κ1) is 12.9. The zero-order valence-electron chi connectivity index (χ0n) is 10.5. The van der Waals surface area contributed by atoms with Gasteiger partial charge in [-0.15, -0.1) is 11.3 Å². The number of aromatic carboxylic acids is 1. The van der Waals surface area contributed by atoms with E-state index in [1.807, 2.05) is 11.4 Å². The molecule has 104 valence electrons. The lowest BCUT2D eigenvalue weighted by molar-refractivity contribution is 0.0690. The Morgan fingerprint density at radius 1 is 1.45 bits per heavy atom. The first-order valence-electron chi connectivity index (χ1n) is 6.25. The van der Waals surface area contributed by atoms with Crippen LogP contribution in [0.5, 0.6) is 0 Å². The van der Waals surface area contributed by atoms with Crippen LogP contribution in [-0.2, 0) is 5.54 Å². The summed E-state index contributed by atoms with van der Waals surface area (Å²) in [4.78, 5) is 30.6. The van der Waals surface area contributed by atoms with Gasteiger partial charge in [0.15, 0.2) is 0 Å². The van der Waals surface area contributed by atoms with Crippen LogP contribution in [0.4, 0.5) is 0 Å². The topological polar surface area (TPSA) is 95.1 Å². The van der Waals surface area contributed by atoms with Crippen LogP contribution in [-0.4, -0.2) is 27.0 Å². The van der Waals surface area contributed by atoms with E-state index >= 15 is 0 Å². The molecule has 0 aromatic carbocycles. The lowest BCUT2D eigenvalue weighted by atomic mass is 9.76. The Hall–Kier alpha value is -2.15. The summed E-state index contributed by atoms with van der Waals surface area (Å²) in [5.74, 6) is -0.679. The number of carboxylic acids is 1. The molecule has 1 saturated carbocycles. The van der Waals surface area contributed by atoms with Gasteiger partial charge in [0.1, 0.15) is 11.5 Å². The van der Waals surface area contributed by atoms with Crippen molar-refractivity contribution in [1.29, 1.82) is 0 Å². The predicted molar refractivity (Wildman–Crippen MR) is 72.9 cm³/mol. The highest BCUT2D eigenvalue weighted by Gasteiger charge is 2.43. The number of carboxylic acid groups (broad SMARTS) is 1. The molecule has 7 heteroatoms. The quantitative estimate of drug-likeness (QED) is 0.802. The molecule has 1 aliphatic rings. The van der Waals surface area contributed by atoms with E-state index in [0.717, 1.165) is 19.3 Å². The number of hydrogen-bond donors (Lipinski definition) is 3. The molecule has 3 N–H and O–H groups in total. The Balaban J connectivity index is 1.83. The molecule has 1 amide bonds. The number of nitrogens with zero attached hydrogens (tertiary/aromatic N) is 1. The molecule has 0 unspecified atom stereocenters. The number of hydrogen-bond acceptors (Lipinski definition) is 4. The van der Waals surface area contributed by atoms with Crippen molar-refractivity contribution < 1.29 is 14.7 Å². The molecule has 3 rings (SSSR count). The molecule has 2 heterocycles. The van der Waals surface area contributed by atoms with Crippen molar-refractivity contribution in [2.75, 3.05) is 0 Å². The van der Waals surface area contributed by atoms with Gasteiger partial charge < -0.3 is 15.4 Å². The monoisotopic (exact) mass is 291 g/mol. The zero-order valence-corrected chi connectivity index (χ0v) is 11.4. The SMILES string of the molecule is O=C(O)c1cnc(C2(NC(=O)c3cccs3)CCC2)[nH]1. The van der Waals surface area contributed by atoms with Gasteiger partial charge in [-0.3, -0.25) is 4.79 Å². The fraction of sp³-hybridized carbons (Fsp3) is 0.308. The summed E-state index contributed by atoms with van der Waals surface area (Å²) < 4.78 is 0. The molecule has 0 saturated heterocycles. The number of aromatic amines is 1. The van der Waals surface area contributed by atoms with Gasteiger partial charge >= 0.3 is 5.97 Å². The van der Waals surface area contributed by atoms with Crippen LogP contribution >= 0.6 is 11.3 Å². The maximum absolute atomic E-state index is 12.2. The molecule has 0 radical (unpaired) electrons. The average Bonchev–Trinajstić information content (AvgIpc) is 3.03. The number of nitrogens with one attached hydrogen (secondary N) is 2. The second kappa shape index (κ2) is 4.75. The molecule has 20 heavy (non-hydrogen) atoms. The molecule has 6 nitrogen and oxygen atoms in total. The molecule has 0 spiro atoms. The van der Waals surface area contributed by atoms with Gasteiger partial charge in [0.2, 0.25) is 0 Å². The van der Waals surface area contributed by atoms with Gasteiger partial charge in [0, 0.05) is 0 Å². The fourth-order valence-electron chi connectivity index (χ4n) is 2.31. The first-order chi connectivity index (χ1) is 9.61. The first-order valence-corrected chi connectivity index (χ1v) is 7.13. The number of amides is 1. The summed E-state index contributed by atoms with van der Waals surface area (Å²) in [5, 5.41) is 13.8. The van der Waals surface area contributed by atoms with E-state index in [1.54, 1.807) is 6.07 Å². The third kappa shape index (κ3) is 2.09. The van der Waals surface area contributed by atoms with Crippen molar-refractivity contribution in [2.45, 2.75) is 24.8 Å². The number of thiophene rings is 1. The van der Waals surface area contributed by atoms with E-state index < -0.39 is 11.5 Å². The maximum Gasteiger partial charge on any atom is 0.353 e. The summed E-state index contributed by atoms with van der Waals surface area (Å²) in [7, 11) is 0. The van der Waals surface area contributed by atoms with Crippen LogP contribution < -0.4 is 5.32 Å². The van der Waals surface area contributed by atoms with Crippen molar-refractivity contribution >= 4 is 23.2 Å². The highest BCUT2D eigenvalue weighted by Crippen LogP contribution is 2.40. The second-order valence-electron chi connectivity index (χ2n) is 4.82. The maximum atomic E-state index is 12.2. The number of carbonyl (C=O) groups is 2. The van der Waals surface area contributed by atoms with E-state index in [-0.39, 0.29) is 11.6 Å². The minimum Gasteiger partial charge on any atom is -0.477 e. The van der Waals surface area contributed by atoms with Gasteiger partial charge in [0.25, 0.3) is 5.91 Å². The van der Waals surface area contributed by atoms with E-state index in [9.17, 15) is 9.59 Å². The zero-order chi connectivity index (χ0) is 14.2. The lowest BCUT2D eigenvalue weighted by Crippen LogP contribution is -2.51. The van der Waals surface area contributed by atoms with Gasteiger partial charge in [0.05, 0.1) is 16.6 Å².